The van der Waals surface area contributed by atoms with Gasteiger partial charge in [-0.15, -0.1) is 0 Å². The normalized spacial score (nSPS) is 14.2. The lowest BCUT2D eigenvalue weighted by Crippen LogP contribution is -2.36. The van der Waals surface area contributed by atoms with Crippen molar-refractivity contribution in [3.63, 3.8) is 0 Å². The van der Waals surface area contributed by atoms with E-state index >= 15 is 0 Å². The second kappa shape index (κ2) is 9.79. The molecule has 6 rings (SSSR count). The minimum absolute atomic E-state index is 0.158. The van der Waals surface area contributed by atoms with Crippen LogP contribution in [0.25, 0.3) is 33.1 Å². The summed E-state index contributed by atoms with van der Waals surface area (Å²) >= 11 is 0. The van der Waals surface area contributed by atoms with Crippen LogP contribution in [0.4, 0.5) is 5.69 Å². The van der Waals surface area contributed by atoms with Gasteiger partial charge in [-0.2, -0.15) is 0 Å². The van der Waals surface area contributed by atoms with Crippen LogP contribution in [0.1, 0.15) is 15.9 Å². The Morgan fingerprint density at radius 3 is 2.49 bits per heavy atom. The minimum Gasteiger partial charge on any atom is -0.378 e. The highest BCUT2D eigenvalue weighted by Crippen LogP contribution is 2.36. The van der Waals surface area contributed by atoms with E-state index in [1.165, 1.54) is 10.2 Å². The molecule has 39 heavy (non-hydrogen) atoms. The first-order chi connectivity index (χ1) is 18.9. The van der Waals surface area contributed by atoms with Crippen molar-refractivity contribution in [3.05, 3.63) is 84.3 Å². The van der Waals surface area contributed by atoms with Crippen LogP contribution in [0, 0.1) is 6.92 Å². The highest BCUT2D eigenvalue weighted by molar-refractivity contribution is 7.90. The Hall–Kier alpha value is -4.28. The van der Waals surface area contributed by atoms with Gasteiger partial charge in [0.1, 0.15) is 0 Å². The first kappa shape index (κ1) is 25.0. The number of amides is 1. The summed E-state index contributed by atoms with van der Waals surface area (Å²) in [4.78, 5) is 23.9. The van der Waals surface area contributed by atoms with E-state index in [2.05, 4.69) is 20.2 Å². The number of fused-ring (bicyclic) bond motifs is 2. The predicted octanol–water partition coefficient (Wildman–Crippen LogP) is 3.99. The third kappa shape index (κ3) is 4.41. The molecule has 4 heterocycles. The highest BCUT2D eigenvalue weighted by Gasteiger charge is 2.24. The van der Waals surface area contributed by atoms with Gasteiger partial charge >= 0.3 is 0 Å². The van der Waals surface area contributed by atoms with Gasteiger partial charge in [-0.05, 0) is 48.9 Å². The number of carbonyl (C=O) groups excluding carboxylic acids is 1. The third-order valence-corrected chi connectivity index (χ3v) is 8.72. The molecule has 0 saturated carbocycles. The number of aryl methyl sites for hydroxylation is 1. The second-order valence-corrected chi connectivity index (χ2v) is 11.3. The van der Waals surface area contributed by atoms with E-state index in [0.29, 0.717) is 29.7 Å². The number of ether oxygens (including phenoxy) is 1. The van der Waals surface area contributed by atoms with Crippen LogP contribution in [0.3, 0.4) is 0 Å². The van der Waals surface area contributed by atoms with Crippen molar-refractivity contribution in [3.8, 4) is 11.1 Å². The van der Waals surface area contributed by atoms with E-state index in [9.17, 15) is 13.2 Å². The lowest BCUT2D eigenvalue weighted by atomic mass is 10.0. The average molecular weight is 542 g/mol. The average Bonchev–Trinajstić information content (AvgIpc) is 3.36. The van der Waals surface area contributed by atoms with Crippen LogP contribution in [0.2, 0.25) is 0 Å². The maximum absolute atomic E-state index is 13.8. The van der Waals surface area contributed by atoms with Gasteiger partial charge in [0.2, 0.25) is 0 Å². The van der Waals surface area contributed by atoms with Crippen LogP contribution in [0.5, 0.6) is 0 Å². The molecular weight excluding hydrogens is 514 g/mol. The molecule has 0 aliphatic carbocycles. The van der Waals surface area contributed by atoms with Gasteiger partial charge in [0.05, 0.1) is 29.2 Å². The number of morpholine rings is 1. The fourth-order valence-electron chi connectivity index (χ4n) is 4.96. The van der Waals surface area contributed by atoms with Crippen molar-refractivity contribution in [2.45, 2.75) is 11.8 Å². The maximum Gasteiger partial charge on any atom is 0.269 e. The van der Waals surface area contributed by atoms with Crippen molar-refractivity contribution in [2.24, 2.45) is 0 Å². The fourth-order valence-corrected chi connectivity index (χ4v) is 6.29. The van der Waals surface area contributed by atoms with E-state index in [1.54, 1.807) is 49.8 Å². The van der Waals surface area contributed by atoms with Crippen LogP contribution < -0.4 is 10.2 Å². The number of nitrogens with zero attached hydrogens (tertiary/aromatic N) is 4. The molecule has 1 amide bonds. The number of aromatic nitrogens is 3. The van der Waals surface area contributed by atoms with Crippen LogP contribution >= 0.6 is 0 Å². The number of nitrogens with one attached hydrogen (secondary N) is 1. The highest BCUT2D eigenvalue weighted by atomic mass is 32.2. The van der Waals surface area contributed by atoms with Gasteiger partial charge < -0.3 is 15.0 Å². The molecule has 9 nitrogen and oxygen atoms in total. The van der Waals surface area contributed by atoms with E-state index in [-0.39, 0.29) is 16.4 Å². The van der Waals surface area contributed by atoms with Crippen LogP contribution in [-0.4, -0.2) is 61.6 Å². The summed E-state index contributed by atoms with van der Waals surface area (Å²) in [7, 11) is -2.41. The van der Waals surface area contributed by atoms with Crippen molar-refractivity contribution in [1.82, 2.24) is 19.3 Å². The van der Waals surface area contributed by atoms with Crippen molar-refractivity contribution >= 4 is 43.6 Å². The standard InChI is InChI=1S/C29H27N5O4S/c1-19-3-6-22(7-4-19)39(36,37)34-18-25(23-16-21(29(35)30-2)17-32-28(23)34)20-5-8-26-24(15-20)27(9-10-31-26)33-11-13-38-14-12-33/h3-10,15-18H,11-14H2,1-2H3,(H,30,35). The Morgan fingerprint density at radius 2 is 1.74 bits per heavy atom. The van der Waals surface area contributed by atoms with Gasteiger partial charge in [0.15, 0.2) is 5.65 Å². The first-order valence-electron chi connectivity index (χ1n) is 12.6. The van der Waals surface area contributed by atoms with Gasteiger partial charge in [0.25, 0.3) is 15.9 Å². The van der Waals surface area contributed by atoms with Gasteiger partial charge in [0, 0.05) is 60.8 Å². The van der Waals surface area contributed by atoms with Crippen molar-refractivity contribution in [2.75, 3.05) is 38.3 Å². The molecule has 0 unspecified atom stereocenters. The van der Waals surface area contributed by atoms with Crippen LogP contribution in [-0.2, 0) is 14.8 Å². The van der Waals surface area contributed by atoms with E-state index in [1.807, 2.05) is 31.2 Å². The van der Waals surface area contributed by atoms with Gasteiger partial charge in [-0.1, -0.05) is 23.8 Å². The summed E-state index contributed by atoms with van der Waals surface area (Å²) in [6.45, 7) is 4.76. The summed E-state index contributed by atoms with van der Waals surface area (Å²) < 4.78 is 34.3. The molecular formula is C29H27N5O4S. The zero-order chi connectivity index (χ0) is 27.1. The smallest absolute Gasteiger partial charge is 0.269 e. The molecule has 0 radical (unpaired) electrons. The summed E-state index contributed by atoms with van der Waals surface area (Å²) in [5, 5.41) is 4.13. The number of rotatable bonds is 5. The summed E-state index contributed by atoms with van der Waals surface area (Å²) in [6.07, 6.45) is 4.78. The lowest BCUT2D eigenvalue weighted by Gasteiger charge is -2.29. The molecule has 198 valence electrons. The third-order valence-electron chi connectivity index (χ3n) is 7.06. The molecule has 1 aliphatic heterocycles. The zero-order valence-electron chi connectivity index (χ0n) is 21.6. The van der Waals surface area contributed by atoms with E-state index in [4.69, 9.17) is 4.74 Å². The monoisotopic (exact) mass is 541 g/mol. The molecule has 1 N–H and O–H groups in total. The van der Waals surface area contributed by atoms with Gasteiger partial charge in [-0.3, -0.25) is 9.78 Å². The molecule has 0 spiro atoms. The number of hydrogen-bond donors (Lipinski definition) is 1. The number of pyridine rings is 2. The molecule has 1 saturated heterocycles. The Morgan fingerprint density at radius 1 is 0.974 bits per heavy atom. The number of benzene rings is 2. The zero-order valence-corrected chi connectivity index (χ0v) is 22.4. The Labute approximate surface area is 226 Å². The molecule has 10 heteroatoms. The molecule has 5 aromatic rings. The number of carbonyl (C=O) groups is 1. The molecule has 3 aromatic heterocycles. The summed E-state index contributed by atoms with van der Waals surface area (Å²) in [5.74, 6) is -0.304. The number of anilines is 1. The molecule has 0 atom stereocenters. The second-order valence-electron chi connectivity index (χ2n) is 9.49. The Kier molecular flexibility index (Phi) is 6.28. The maximum atomic E-state index is 13.8. The SMILES string of the molecule is CNC(=O)c1cnc2c(c1)c(-c1ccc3nccc(N4CCOCC4)c3c1)cn2S(=O)(=O)c1ccc(C)cc1. The lowest BCUT2D eigenvalue weighted by molar-refractivity contribution is 0.0963. The minimum atomic E-state index is -3.96. The van der Waals surface area contributed by atoms with Crippen LogP contribution in [0.15, 0.2) is 78.1 Å². The van der Waals surface area contributed by atoms with Gasteiger partial charge in [-0.25, -0.2) is 17.4 Å². The first-order valence-corrected chi connectivity index (χ1v) is 14.1. The molecule has 0 bridgehead atoms. The van der Waals surface area contributed by atoms with E-state index in [0.717, 1.165) is 40.8 Å². The summed E-state index contributed by atoms with van der Waals surface area (Å²) in [5.41, 5.74) is 4.88. The van der Waals surface area contributed by atoms with Crippen molar-refractivity contribution < 1.29 is 17.9 Å². The summed E-state index contributed by atoms with van der Waals surface area (Å²) in [6, 6.07) is 16.3. The fraction of sp³-hybridized carbons (Fsp3) is 0.207. The quantitative estimate of drug-likeness (QED) is 0.359. The number of hydrogen-bond acceptors (Lipinski definition) is 7. The van der Waals surface area contributed by atoms with Crippen molar-refractivity contribution in [1.29, 1.82) is 0 Å². The Balaban J connectivity index is 1.58. The molecule has 2 aromatic carbocycles. The predicted molar refractivity (Wildman–Crippen MR) is 151 cm³/mol. The largest absolute Gasteiger partial charge is 0.378 e. The Bertz CT molecular complexity index is 1820. The molecule has 1 fully saturated rings. The van der Waals surface area contributed by atoms with E-state index < -0.39 is 10.0 Å². The topological polar surface area (TPSA) is 106 Å². The molecule has 1 aliphatic rings.